The molecule has 0 unspecified atom stereocenters. The maximum Gasteiger partial charge on any atom is 0.343 e. The highest BCUT2D eigenvalue weighted by atomic mass is 35.5. The van der Waals surface area contributed by atoms with Crippen molar-refractivity contribution in [1.82, 2.24) is 9.47 Å². The number of nitrogens with zero attached hydrogens (tertiary/aromatic N) is 2. The van der Waals surface area contributed by atoms with Crippen LogP contribution in [0.25, 0.3) is 16.6 Å². The second-order valence-electron chi connectivity index (χ2n) is 11.7. The molecule has 300 valence electrons. The van der Waals surface area contributed by atoms with Gasteiger partial charge in [0.25, 0.3) is 0 Å². The number of carbonyl (C=O) groups is 3. The lowest BCUT2D eigenvalue weighted by Gasteiger charge is -2.24. The Bertz CT molecular complexity index is 2510. The Hall–Kier alpha value is -6.20. The van der Waals surface area contributed by atoms with Gasteiger partial charge in [0.1, 0.15) is 22.4 Å². The maximum absolute atomic E-state index is 14.3. The van der Waals surface area contributed by atoms with Crippen molar-refractivity contribution in [1.29, 1.82) is 0 Å². The van der Waals surface area contributed by atoms with Crippen LogP contribution in [0.1, 0.15) is 34.6 Å². The zero-order valence-electron chi connectivity index (χ0n) is 30.0. The van der Waals surface area contributed by atoms with E-state index < -0.39 is 74.9 Å². The van der Waals surface area contributed by atoms with E-state index in [1.54, 1.807) is 31.2 Å². The molecule has 0 fully saturated rings. The van der Waals surface area contributed by atoms with Crippen molar-refractivity contribution in [3.63, 3.8) is 0 Å². The number of carbonyl (C=O) groups excluding carboxylic acids is 3. The Balaban J connectivity index is 0.000000210. The van der Waals surface area contributed by atoms with Crippen LogP contribution < -0.4 is 15.9 Å². The first-order valence-corrected chi connectivity index (χ1v) is 17.0. The smallest absolute Gasteiger partial charge is 0.343 e. The van der Waals surface area contributed by atoms with Crippen molar-refractivity contribution in [3.05, 3.63) is 133 Å². The number of benzene rings is 4. The number of nitrogen functional groups attached to an aromatic ring is 1. The second-order valence-corrected chi connectivity index (χ2v) is 12.6. The fourth-order valence-electron chi connectivity index (χ4n) is 4.99. The molecule has 0 saturated heterocycles. The summed E-state index contributed by atoms with van der Waals surface area (Å²) in [5, 5.41) is 9.51. The number of halogens is 8. The van der Waals surface area contributed by atoms with Gasteiger partial charge in [-0.05, 0) is 50.2 Å². The van der Waals surface area contributed by atoms with E-state index in [0.717, 1.165) is 12.3 Å². The van der Waals surface area contributed by atoms with Crippen molar-refractivity contribution in [2.45, 2.75) is 13.8 Å². The Morgan fingerprint density at radius 2 is 1.46 bits per heavy atom. The second kappa shape index (κ2) is 18.2. The summed E-state index contributed by atoms with van der Waals surface area (Å²) in [7, 11) is 2.93. The van der Waals surface area contributed by atoms with Crippen molar-refractivity contribution >= 4 is 57.5 Å². The molecule has 0 saturated carbocycles. The van der Waals surface area contributed by atoms with Gasteiger partial charge in [0.05, 0.1) is 35.5 Å². The van der Waals surface area contributed by atoms with Gasteiger partial charge in [0.15, 0.2) is 40.6 Å². The zero-order chi connectivity index (χ0) is 42.5. The number of aromatic nitrogens is 1. The number of nitrogens with two attached hydrogens (primary N) is 1. The standard InChI is InChI=1S/C18H10ClF2NO4.C14H13F4NO3.C6H6ClNO/c1-2-25-18(24)10-7-22-12-4-3-8(19)5-13(12)26-17-14(21)11(20)6-9(15(17)22)16(10)23;1-4-22-14(21)8(6-19(2)3)13(20)7-5-9(15)11(17)12(18)10(7)16;7-4-1-2-5(8)6(9)3-4/h3-7H,2H2,1H3;5-6H,4H2,1-3H3;1-3,9H,8H2/b;8-6-;. The highest BCUT2D eigenvalue weighted by Crippen LogP contribution is 2.43. The average molecular weight is 841 g/mol. The van der Waals surface area contributed by atoms with Crippen LogP contribution in [0.2, 0.25) is 10.0 Å². The minimum absolute atomic E-state index is 0.0248. The van der Waals surface area contributed by atoms with Crippen molar-refractivity contribution in [2.75, 3.05) is 33.0 Å². The number of pyridine rings is 1. The van der Waals surface area contributed by atoms with Gasteiger partial charge in [-0.2, -0.15) is 4.39 Å². The summed E-state index contributed by atoms with van der Waals surface area (Å²) < 4.78 is 97.7. The number of Topliss-reactive ketones (excluding diaryl/α,β-unsaturated/α-hetero) is 1. The minimum Gasteiger partial charge on any atom is -0.506 e. The van der Waals surface area contributed by atoms with E-state index in [4.69, 9.17) is 43.5 Å². The van der Waals surface area contributed by atoms with Crippen LogP contribution in [0.3, 0.4) is 0 Å². The maximum atomic E-state index is 14.3. The van der Waals surface area contributed by atoms with Gasteiger partial charge in [-0.15, -0.1) is 0 Å². The molecule has 4 aromatic carbocycles. The van der Waals surface area contributed by atoms with Gasteiger partial charge < -0.3 is 34.5 Å². The number of esters is 2. The zero-order valence-corrected chi connectivity index (χ0v) is 31.5. The predicted octanol–water partition coefficient (Wildman–Crippen LogP) is 8.27. The number of ether oxygens (including phenoxy) is 3. The molecule has 0 radical (unpaired) electrons. The van der Waals surface area contributed by atoms with Crippen molar-refractivity contribution in [2.24, 2.45) is 0 Å². The average Bonchev–Trinajstić information content (AvgIpc) is 3.16. The molecule has 3 N–H and O–H groups in total. The third-order valence-electron chi connectivity index (χ3n) is 7.49. The molecule has 0 aliphatic carbocycles. The highest BCUT2D eigenvalue weighted by molar-refractivity contribution is 6.31. The molecule has 19 heteroatoms. The van der Waals surface area contributed by atoms with Gasteiger partial charge in [-0.25, -0.2) is 31.5 Å². The summed E-state index contributed by atoms with van der Waals surface area (Å²) >= 11 is 11.4. The number of aromatic hydroxyl groups is 1. The highest BCUT2D eigenvalue weighted by Gasteiger charge is 2.30. The van der Waals surface area contributed by atoms with Gasteiger partial charge in [0.2, 0.25) is 17.0 Å². The molecular weight excluding hydrogens is 811 g/mol. The summed E-state index contributed by atoms with van der Waals surface area (Å²) in [5.74, 6) is -13.8. The molecule has 1 aromatic heterocycles. The molecule has 1 aliphatic rings. The third kappa shape index (κ3) is 9.44. The van der Waals surface area contributed by atoms with Gasteiger partial charge in [-0.1, -0.05) is 23.2 Å². The van der Waals surface area contributed by atoms with E-state index in [1.165, 1.54) is 48.8 Å². The molecule has 0 amide bonds. The fraction of sp³-hybridized carbons (Fsp3) is 0.158. The van der Waals surface area contributed by atoms with Crippen molar-refractivity contribution < 1.29 is 60.0 Å². The van der Waals surface area contributed by atoms with Crippen LogP contribution in [-0.2, 0) is 14.3 Å². The Kier molecular flexibility index (Phi) is 13.9. The molecule has 57 heavy (non-hydrogen) atoms. The van der Waals surface area contributed by atoms with Crippen LogP contribution in [-0.4, -0.2) is 59.6 Å². The van der Waals surface area contributed by atoms with E-state index >= 15 is 0 Å². The third-order valence-corrected chi connectivity index (χ3v) is 7.96. The number of hydrogen-bond acceptors (Lipinski definition) is 10. The van der Waals surface area contributed by atoms with E-state index in [0.29, 0.717) is 21.4 Å². The number of phenolic OH excluding ortho intramolecular Hbond substituents is 1. The van der Waals surface area contributed by atoms with Gasteiger partial charge >= 0.3 is 11.9 Å². The van der Waals surface area contributed by atoms with Gasteiger partial charge in [-0.3, -0.25) is 9.59 Å². The quantitative estimate of drug-likeness (QED) is 0.0154. The van der Waals surface area contributed by atoms with Crippen molar-refractivity contribution in [3.8, 4) is 22.9 Å². The number of ketones is 1. The lowest BCUT2D eigenvalue weighted by Crippen LogP contribution is -2.22. The summed E-state index contributed by atoms with van der Waals surface area (Å²) in [6.07, 6.45) is 2.25. The van der Waals surface area contributed by atoms with Gasteiger partial charge in [0, 0.05) is 48.7 Å². The molecule has 5 aromatic rings. The molecule has 0 spiro atoms. The topological polar surface area (TPSA) is 150 Å². The van der Waals surface area contributed by atoms with Crippen LogP contribution in [0.5, 0.6) is 17.2 Å². The lowest BCUT2D eigenvalue weighted by molar-refractivity contribution is -0.138. The van der Waals surface area contributed by atoms with E-state index in [-0.39, 0.29) is 47.2 Å². The molecule has 2 heterocycles. The Morgan fingerprint density at radius 3 is 2.05 bits per heavy atom. The lowest BCUT2D eigenvalue weighted by atomic mass is 10.0. The first kappa shape index (κ1) is 43.5. The number of anilines is 1. The predicted molar refractivity (Wildman–Crippen MR) is 197 cm³/mol. The van der Waals surface area contributed by atoms with Crippen LogP contribution in [0, 0.1) is 34.9 Å². The van der Waals surface area contributed by atoms with E-state index in [2.05, 4.69) is 4.74 Å². The minimum atomic E-state index is -2.13. The fourth-order valence-corrected chi connectivity index (χ4v) is 5.32. The molecular formula is C38H29Cl2F6N3O8. The number of phenols is 1. The number of rotatable bonds is 7. The summed E-state index contributed by atoms with van der Waals surface area (Å²) in [6.45, 7) is 3.08. The summed E-state index contributed by atoms with van der Waals surface area (Å²) in [6, 6.07) is 10.1. The first-order chi connectivity index (χ1) is 26.8. The van der Waals surface area contributed by atoms with Crippen LogP contribution in [0.15, 0.2) is 71.3 Å². The normalized spacial score (nSPS) is 11.3. The first-order valence-electron chi connectivity index (χ1n) is 16.2. The molecule has 6 rings (SSSR count). The monoisotopic (exact) mass is 839 g/mol. The Morgan fingerprint density at radius 1 is 0.842 bits per heavy atom. The molecule has 1 aliphatic heterocycles. The van der Waals surface area contributed by atoms with E-state index in [1.807, 2.05) is 0 Å². The number of fused-ring (bicyclic) bond motifs is 2. The number of hydrogen-bond donors (Lipinski definition) is 2. The molecule has 11 nitrogen and oxygen atoms in total. The summed E-state index contributed by atoms with van der Waals surface area (Å²) in [5.41, 5.74) is 3.27. The molecule has 0 atom stereocenters. The SMILES string of the molecule is CCOC(=O)/C(=C\N(C)C)C(=O)c1cc(F)c(F)c(F)c1F.CCOC(=O)c1cn2c3c(c(F)c(F)cc3c1=O)Oc1cc(Cl)ccc1-2.Nc1ccc(Cl)cc1O. The van der Waals surface area contributed by atoms with Crippen LogP contribution in [0.4, 0.5) is 32.0 Å². The largest absolute Gasteiger partial charge is 0.506 e. The molecule has 0 bridgehead atoms. The Labute approximate surface area is 329 Å². The van der Waals surface area contributed by atoms with Crippen LogP contribution >= 0.6 is 23.2 Å². The summed E-state index contributed by atoms with van der Waals surface area (Å²) in [4.78, 5) is 49.9. The van der Waals surface area contributed by atoms with E-state index in [9.17, 15) is 45.5 Å².